The summed E-state index contributed by atoms with van der Waals surface area (Å²) in [5.74, 6) is 6.61. The van der Waals surface area contributed by atoms with Crippen LogP contribution in [-0.4, -0.2) is 0 Å². The lowest BCUT2D eigenvalue weighted by molar-refractivity contribution is 0.131. The number of hydrogen-bond acceptors (Lipinski definition) is 0. The lowest BCUT2D eigenvalue weighted by Gasteiger charge is -2.37. The van der Waals surface area contributed by atoms with Crippen LogP contribution in [0.2, 0.25) is 0 Å². The van der Waals surface area contributed by atoms with Crippen molar-refractivity contribution in [2.45, 2.75) is 58.8 Å². The molecule has 0 amide bonds. The molecule has 0 aromatic heterocycles. The van der Waals surface area contributed by atoms with E-state index >= 15 is 0 Å². The lowest BCUT2D eigenvalue weighted by Crippen LogP contribution is -2.28. The van der Waals surface area contributed by atoms with Crippen LogP contribution in [0, 0.1) is 35.5 Å². The van der Waals surface area contributed by atoms with E-state index in [2.05, 4.69) is 13.8 Å². The van der Waals surface area contributed by atoms with E-state index in [0.29, 0.717) is 0 Å². The van der Waals surface area contributed by atoms with E-state index in [1.807, 2.05) is 0 Å². The number of rotatable bonds is 0. The molecule has 6 unspecified atom stereocenters. The summed E-state index contributed by atoms with van der Waals surface area (Å²) in [5, 5.41) is 0. The van der Waals surface area contributed by atoms with Gasteiger partial charge in [-0.15, -0.1) is 0 Å². The molecule has 0 aromatic rings. The van der Waals surface area contributed by atoms with Crippen molar-refractivity contribution in [1.29, 1.82) is 0 Å². The third-order valence-electron chi connectivity index (χ3n) is 6.05. The largest absolute Gasteiger partial charge is 0.0622 e. The monoisotopic (exact) mass is 206 g/mol. The summed E-state index contributed by atoms with van der Waals surface area (Å²) in [4.78, 5) is 0. The molecule has 0 heterocycles. The van der Waals surface area contributed by atoms with Crippen LogP contribution >= 0.6 is 0 Å². The average Bonchev–Trinajstić information content (AvgIpc) is 2.60. The van der Waals surface area contributed by atoms with E-state index in [1.54, 1.807) is 19.3 Å². The summed E-state index contributed by atoms with van der Waals surface area (Å²) >= 11 is 0. The SMILES string of the molecule is CC1CCCC2C1CC1C(C)CCCC12. The van der Waals surface area contributed by atoms with Gasteiger partial charge in [0, 0.05) is 0 Å². The molecule has 3 aliphatic rings. The Bertz CT molecular complexity index is 208. The molecule has 15 heavy (non-hydrogen) atoms. The predicted molar refractivity (Wildman–Crippen MR) is 64.6 cm³/mol. The zero-order valence-electron chi connectivity index (χ0n) is 10.4. The zero-order chi connectivity index (χ0) is 10.4. The van der Waals surface area contributed by atoms with Crippen LogP contribution < -0.4 is 0 Å². The maximum absolute atomic E-state index is 2.53. The Balaban J connectivity index is 1.81. The van der Waals surface area contributed by atoms with Crippen LogP contribution in [0.5, 0.6) is 0 Å². The molecule has 3 aliphatic carbocycles. The molecular formula is C15H26. The normalized spacial score (nSPS) is 54.8. The molecule has 0 aromatic carbocycles. The van der Waals surface area contributed by atoms with Crippen molar-refractivity contribution in [3.8, 4) is 0 Å². The van der Waals surface area contributed by atoms with Gasteiger partial charge in [0.15, 0.2) is 0 Å². The van der Waals surface area contributed by atoms with Crippen LogP contribution in [-0.2, 0) is 0 Å². The van der Waals surface area contributed by atoms with E-state index in [1.165, 1.54) is 25.7 Å². The van der Waals surface area contributed by atoms with Crippen molar-refractivity contribution in [1.82, 2.24) is 0 Å². The van der Waals surface area contributed by atoms with Crippen LogP contribution in [0.4, 0.5) is 0 Å². The molecule has 0 spiro atoms. The molecule has 0 nitrogen and oxygen atoms in total. The Hall–Kier alpha value is 0. The number of hydrogen-bond donors (Lipinski definition) is 0. The van der Waals surface area contributed by atoms with Crippen LogP contribution in [0.25, 0.3) is 0 Å². The van der Waals surface area contributed by atoms with E-state index < -0.39 is 0 Å². The summed E-state index contributed by atoms with van der Waals surface area (Å²) in [5.41, 5.74) is 0. The minimum atomic E-state index is 1.04. The average molecular weight is 206 g/mol. The Morgan fingerprint density at radius 3 is 1.53 bits per heavy atom. The topological polar surface area (TPSA) is 0 Å². The van der Waals surface area contributed by atoms with Gasteiger partial charge >= 0.3 is 0 Å². The second kappa shape index (κ2) is 3.79. The van der Waals surface area contributed by atoms with E-state index in [-0.39, 0.29) is 0 Å². The second-order valence-electron chi connectivity index (χ2n) is 6.71. The minimum absolute atomic E-state index is 1.04. The Labute approximate surface area is 94.8 Å². The molecule has 3 rings (SSSR count). The highest BCUT2D eigenvalue weighted by atomic mass is 14.5. The first kappa shape index (κ1) is 10.2. The fraction of sp³-hybridized carbons (Fsp3) is 1.00. The van der Waals surface area contributed by atoms with Crippen molar-refractivity contribution < 1.29 is 0 Å². The molecule has 0 saturated heterocycles. The highest BCUT2D eigenvalue weighted by Crippen LogP contribution is 2.57. The van der Waals surface area contributed by atoms with Gasteiger partial charge in [-0.3, -0.25) is 0 Å². The van der Waals surface area contributed by atoms with Crippen LogP contribution in [0.15, 0.2) is 0 Å². The first-order chi connectivity index (χ1) is 7.27. The molecule has 0 bridgehead atoms. The first-order valence-corrected chi connectivity index (χ1v) is 7.27. The maximum atomic E-state index is 2.53. The quantitative estimate of drug-likeness (QED) is 0.547. The molecule has 6 atom stereocenters. The van der Waals surface area contributed by atoms with E-state index in [4.69, 9.17) is 0 Å². The van der Waals surface area contributed by atoms with Crippen molar-refractivity contribution in [2.24, 2.45) is 35.5 Å². The molecule has 3 fully saturated rings. The van der Waals surface area contributed by atoms with Crippen molar-refractivity contribution >= 4 is 0 Å². The summed E-state index contributed by atoms with van der Waals surface area (Å²) in [7, 11) is 0. The zero-order valence-corrected chi connectivity index (χ0v) is 10.4. The van der Waals surface area contributed by atoms with Crippen molar-refractivity contribution in [3.05, 3.63) is 0 Å². The van der Waals surface area contributed by atoms with E-state index in [9.17, 15) is 0 Å². The van der Waals surface area contributed by atoms with Gasteiger partial charge in [0.05, 0.1) is 0 Å². The Morgan fingerprint density at radius 2 is 1.07 bits per heavy atom. The smallest absolute Gasteiger partial charge is 0.0352 e. The highest BCUT2D eigenvalue weighted by Gasteiger charge is 2.48. The molecule has 3 saturated carbocycles. The van der Waals surface area contributed by atoms with E-state index in [0.717, 1.165) is 35.5 Å². The van der Waals surface area contributed by atoms with Gasteiger partial charge in [-0.2, -0.15) is 0 Å². The van der Waals surface area contributed by atoms with Gasteiger partial charge in [0.25, 0.3) is 0 Å². The second-order valence-corrected chi connectivity index (χ2v) is 6.71. The summed E-state index contributed by atoms with van der Waals surface area (Å²) < 4.78 is 0. The highest BCUT2D eigenvalue weighted by molar-refractivity contribution is 4.98. The summed E-state index contributed by atoms with van der Waals surface area (Å²) in [6, 6.07) is 0. The van der Waals surface area contributed by atoms with Gasteiger partial charge in [-0.1, -0.05) is 39.5 Å². The van der Waals surface area contributed by atoms with Crippen molar-refractivity contribution in [2.75, 3.05) is 0 Å². The van der Waals surface area contributed by atoms with Gasteiger partial charge in [-0.05, 0) is 54.8 Å². The van der Waals surface area contributed by atoms with Gasteiger partial charge in [0.1, 0.15) is 0 Å². The summed E-state index contributed by atoms with van der Waals surface area (Å²) in [6.45, 7) is 5.05. The molecule has 86 valence electrons. The Morgan fingerprint density at radius 1 is 0.600 bits per heavy atom. The fourth-order valence-electron chi connectivity index (χ4n) is 5.24. The Kier molecular flexibility index (Phi) is 2.57. The minimum Gasteiger partial charge on any atom is -0.0622 e. The third kappa shape index (κ3) is 1.56. The van der Waals surface area contributed by atoms with Crippen LogP contribution in [0.3, 0.4) is 0 Å². The molecule has 0 aliphatic heterocycles. The number of fused-ring (bicyclic) bond motifs is 3. The van der Waals surface area contributed by atoms with Gasteiger partial charge in [-0.25, -0.2) is 0 Å². The third-order valence-corrected chi connectivity index (χ3v) is 6.05. The lowest BCUT2D eigenvalue weighted by atomic mass is 9.69. The van der Waals surface area contributed by atoms with Gasteiger partial charge in [0.2, 0.25) is 0 Å². The maximum Gasteiger partial charge on any atom is -0.0352 e. The predicted octanol–water partition coefficient (Wildman–Crippen LogP) is 4.49. The van der Waals surface area contributed by atoms with Gasteiger partial charge < -0.3 is 0 Å². The standard InChI is InChI=1S/C15H26/c1-10-5-3-7-12-13-8-4-6-11(2)15(13)9-14(10)12/h10-15H,3-9H2,1-2H3. The first-order valence-electron chi connectivity index (χ1n) is 7.27. The molecule has 0 heteroatoms. The fourth-order valence-corrected chi connectivity index (χ4v) is 5.24. The summed E-state index contributed by atoms with van der Waals surface area (Å²) in [6.07, 6.45) is 10.8. The van der Waals surface area contributed by atoms with Crippen LogP contribution in [0.1, 0.15) is 58.8 Å². The molecule has 0 N–H and O–H groups in total. The molecule has 0 radical (unpaired) electrons. The van der Waals surface area contributed by atoms with Crippen molar-refractivity contribution in [3.63, 3.8) is 0 Å². The molecular weight excluding hydrogens is 180 g/mol.